The fraction of sp³-hybridized carbons (Fsp3) is 0.471. The summed E-state index contributed by atoms with van der Waals surface area (Å²) in [6.45, 7) is 4.53. The van der Waals surface area contributed by atoms with E-state index in [1.54, 1.807) is 0 Å². The molecule has 0 amide bonds. The molecule has 0 aliphatic carbocycles. The standard InChI is InChI=1S/C17H23N3O/c1-2-20-11-10-19-16(20)15(18)17(8-12-21-13-9-17)14-6-4-3-5-7-14/h3-7,10-11,15H,2,8-9,12-13,18H2,1H3. The van der Waals surface area contributed by atoms with Crippen LogP contribution < -0.4 is 5.73 Å². The van der Waals surface area contributed by atoms with Crippen molar-refractivity contribution >= 4 is 0 Å². The van der Waals surface area contributed by atoms with Crippen molar-refractivity contribution in [2.24, 2.45) is 5.73 Å². The van der Waals surface area contributed by atoms with Gasteiger partial charge in [-0.05, 0) is 25.3 Å². The summed E-state index contributed by atoms with van der Waals surface area (Å²) in [6.07, 6.45) is 5.73. The van der Waals surface area contributed by atoms with E-state index in [1.165, 1.54) is 5.56 Å². The second kappa shape index (κ2) is 6.00. The number of rotatable bonds is 4. The van der Waals surface area contributed by atoms with Crippen molar-refractivity contribution in [3.63, 3.8) is 0 Å². The Kier molecular flexibility index (Phi) is 4.08. The van der Waals surface area contributed by atoms with Crippen LogP contribution in [0.25, 0.3) is 0 Å². The molecule has 1 unspecified atom stereocenters. The Balaban J connectivity index is 2.03. The van der Waals surface area contributed by atoms with Gasteiger partial charge in [-0.1, -0.05) is 30.3 Å². The van der Waals surface area contributed by atoms with Crippen LogP contribution in [-0.4, -0.2) is 22.8 Å². The number of aromatic nitrogens is 2. The third kappa shape index (κ3) is 2.49. The fourth-order valence-corrected chi connectivity index (χ4v) is 3.40. The molecular formula is C17H23N3O. The smallest absolute Gasteiger partial charge is 0.126 e. The van der Waals surface area contributed by atoms with Gasteiger partial charge in [-0.15, -0.1) is 0 Å². The molecule has 1 fully saturated rings. The highest BCUT2D eigenvalue weighted by Crippen LogP contribution is 2.43. The number of hydrogen-bond acceptors (Lipinski definition) is 3. The fourth-order valence-electron chi connectivity index (χ4n) is 3.40. The van der Waals surface area contributed by atoms with E-state index in [-0.39, 0.29) is 11.5 Å². The lowest BCUT2D eigenvalue weighted by Gasteiger charge is -2.42. The molecule has 0 radical (unpaired) electrons. The van der Waals surface area contributed by atoms with Crippen molar-refractivity contribution in [2.75, 3.05) is 13.2 Å². The largest absolute Gasteiger partial charge is 0.381 e. The SMILES string of the molecule is CCn1ccnc1C(N)C1(c2ccccc2)CCOCC1. The van der Waals surface area contributed by atoms with Crippen molar-refractivity contribution in [1.82, 2.24) is 9.55 Å². The molecule has 1 atom stereocenters. The zero-order valence-electron chi connectivity index (χ0n) is 12.5. The minimum Gasteiger partial charge on any atom is -0.381 e. The molecule has 0 spiro atoms. The maximum atomic E-state index is 6.72. The van der Waals surface area contributed by atoms with Crippen molar-refractivity contribution in [1.29, 1.82) is 0 Å². The number of ether oxygens (including phenoxy) is 1. The number of hydrogen-bond donors (Lipinski definition) is 1. The first-order valence-corrected chi connectivity index (χ1v) is 7.68. The molecule has 1 aromatic carbocycles. The highest BCUT2D eigenvalue weighted by molar-refractivity contribution is 5.30. The van der Waals surface area contributed by atoms with Gasteiger partial charge >= 0.3 is 0 Å². The molecule has 0 bridgehead atoms. The quantitative estimate of drug-likeness (QED) is 0.939. The van der Waals surface area contributed by atoms with Gasteiger partial charge in [-0.2, -0.15) is 0 Å². The van der Waals surface area contributed by atoms with Crippen LogP contribution in [0.5, 0.6) is 0 Å². The maximum Gasteiger partial charge on any atom is 0.126 e. The minimum atomic E-state index is -0.112. The van der Waals surface area contributed by atoms with E-state index in [0.717, 1.165) is 38.4 Å². The summed E-state index contributed by atoms with van der Waals surface area (Å²) in [5.41, 5.74) is 7.93. The summed E-state index contributed by atoms with van der Waals surface area (Å²) >= 11 is 0. The third-order valence-electron chi connectivity index (χ3n) is 4.70. The Hall–Kier alpha value is -1.65. The van der Waals surface area contributed by atoms with Crippen LogP contribution >= 0.6 is 0 Å². The summed E-state index contributed by atoms with van der Waals surface area (Å²) < 4.78 is 7.73. The molecule has 1 aliphatic rings. The first kappa shape index (κ1) is 14.3. The predicted molar refractivity (Wildman–Crippen MR) is 83.0 cm³/mol. The van der Waals surface area contributed by atoms with Crippen LogP contribution in [0.2, 0.25) is 0 Å². The average Bonchev–Trinajstić information content (AvgIpc) is 3.04. The summed E-state index contributed by atoms with van der Waals surface area (Å²) in [6, 6.07) is 10.5. The maximum absolute atomic E-state index is 6.72. The average molecular weight is 285 g/mol. The molecule has 2 N–H and O–H groups in total. The zero-order valence-corrected chi connectivity index (χ0v) is 12.5. The van der Waals surface area contributed by atoms with Gasteiger partial charge in [0.2, 0.25) is 0 Å². The third-order valence-corrected chi connectivity index (χ3v) is 4.70. The number of nitrogens with zero attached hydrogens (tertiary/aromatic N) is 2. The lowest BCUT2D eigenvalue weighted by atomic mass is 9.68. The Morgan fingerprint density at radius 1 is 1.29 bits per heavy atom. The summed E-state index contributed by atoms with van der Waals surface area (Å²) in [4.78, 5) is 4.53. The van der Waals surface area contributed by atoms with Crippen molar-refractivity contribution < 1.29 is 4.74 Å². The van der Waals surface area contributed by atoms with Gasteiger partial charge in [-0.25, -0.2) is 4.98 Å². The molecule has 3 rings (SSSR count). The Labute approximate surface area is 125 Å². The van der Waals surface area contributed by atoms with E-state index < -0.39 is 0 Å². The van der Waals surface area contributed by atoms with Gasteiger partial charge in [0, 0.05) is 37.6 Å². The van der Waals surface area contributed by atoms with Gasteiger partial charge in [0.25, 0.3) is 0 Å². The van der Waals surface area contributed by atoms with Crippen LogP contribution in [0.3, 0.4) is 0 Å². The molecule has 0 saturated carbocycles. The lowest BCUT2D eigenvalue weighted by Crippen LogP contribution is -2.44. The van der Waals surface area contributed by atoms with Crippen LogP contribution in [0.4, 0.5) is 0 Å². The molecule has 1 aromatic heterocycles. The summed E-state index contributed by atoms with van der Waals surface area (Å²) in [5, 5.41) is 0. The van der Waals surface area contributed by atoms with Gasteiger partial charge in [0.05, 0.1) is 6.04 Å². The van der Waals surface area contributed by atoms with E-state index >= 15 is 0 Å². The summed E-state index contributed by atoms with van der Waals surface area (Å²) in [7, 11) is 0. The first-order valence-electron chi connectivity index (χ1n) is 7.68. The lowest BCUT2D eigenvalue weighted by molar-refractivity contribution is 0.0382. The molecular weight excluding hydrogens is 262 g/mol. The zero-order chi connectivity index (χ0) is 14.7. The minimum absolute atomic E-state index is 0.0855. The highest BCUT2D eigenvalue weighted by atomic mass is 16.5. The van der Waals surface area contributed by atoms with Crippen LogP contribution in [-0.2, 0) is 16.7 Å². The Morgan fingerprint density at radius 3 is 2.67 bits per heavy atom. The first-order chi connectivity index (χ1) is 10.3. The van der Waals surface area contributed by atoms with Crippen molar-refractivity contribution in [2.45, 2.75) is 37.8 Å². The molecule has 4 heteroatoms. The monoisotopic (exact) mass is 285 g/mol. The molecule has 4 nitrogen and oxygen atoms in total. The second-order valence-electron chi connectivity index (χ2n) is 5.68. The second-order valence-corrected chi connectivity index (χ2v) is 5.68. The van der Waals surface area contributed by atoms with Gasteiger partial charge in [-0.3, -0.25) is 0 Å². The summed E-state index contributed by atoms with van der Waals surface area (Å²) in [5.74, 6) is 0.975. The molecule has 2 heterocycles. The number of benzene rings is 1. The van der Waals surface area contributed by atoms with E-state index in [1.807, 2.05) is 12.4 Å². The topological polar surface area (TPSA) is 53.1 Å². The van der Waals surface area contributed by atoms with E-state index in [0.29, 0.717) is 0 Å². The molecule has 112 valence electrons. The molecule has 21 heavy (non-hydrogen) atoms. The van der Waals surface area contributed by atoms with Gasteiger partial charge in [0.1, 0.15) is 5.82 Å². The van der Waals surface area contributed by atoms with Crippen LogP contribution in [0, 0.1) is 0 Å². The van der Waals surface area contributed by atoms with Crippen LogP contribution in [0.1, 0.15) is 37.2 Å². The number of imidazole rings is 1. The van der Waals surface area contributed by atoms with Crippen LogP contribution in [0.15, 0.2) is 42.7 Å². The highest BCUT2D eigenvalue weighted by Gasteiger charge is 2.42. The molecule has 2 aromatic rings. The number of aryl methyl sites for hydroxylation is 1. The number of nitrogens with two attached hydrogens (primary N) is 1. The van der Waals surface area contributed by atoms with Crippen molar-refractivity contribution in [3.05, 3.63) is 54.1 Å². The molecule has 1 saturated heterocycles. The van der Waals surface area contributed by atoms with E-state index in [2.05, 4.69) is 46.8 Å². The van der Waals surface area contributed by atoms with Gasteiger partial charge in [0.15, 0.2) is 0 Å². The Morgan fingerprint density at radius 2 is 2.00 bits per heavy atom. The molecule has 1 aliphatic heterocycles. The van der Waals surface area contributed by atoms with E-state index in [4.69, 9.17) is 10.5 Å². The Bertz CT molecular complexity index is 573. The van der Waals surface area contributed by atoms with Gasteiger partial charge < -0.3 is 15.0 Å². The predicted octanol–water partition coefficient (Wildman–Crippen LogP) is 2.65. The van der Waals surface area contributed by atoms with E-state index in [9.17, 15) is 0 Å². The normalized spacial score (nSPS) is 19.3. The van der Waals surface area contributed by atoms with Crippen molar-refractivity contribution in [3.8, 4) is 0 Å².